The number of rotatable bonds is 6. The predicted molar refractivity (Wildman–Crippen MR) is 78.9 cm³/mol. The van der Waals surface area contributed by atoms with Crippen molar-refractivity contribution in [3.8, 4) is 16.6 Å². The number of methoxy groups -OCH3 is 1. The van der Waals surface area contributed by atoms with Crippen molar-refractivity contribution in [1.82, 2.24) is 20.3 Å². The molecule has 0 unspecified atom stereocenters. The fraction of sp³-hybridized carbons (Fsp3) is 0.500. The van der Waals surface area contributed by atoms with Gasteiger partial charge in [0.2, 0.25) is 5.88 Å². The number of hydrogen-bond donors (Lipinski definition) is 1. The Morgan fingerprint density at radius 3 is 2.95 bits per heavy atom. The third kappa shape index (κ3) is 2.96. The Kier molecular flexibility index (Phi) is 3.93. The number of thiazole rings is 1. The van der Waals surface area contributed by atoms with Gasteiger partial charge >= 0.3 is 0 Å². The number of ether oxygens (including phenoxy) is 1. The van der Waals surface area contributed by atoms with E-state index in [0.29, 0.717) is 11.9 Å². The molecular formula is C14H18N4OS. The van der Waals surface area contributed by atoms with Gasteiger partial charge in [-0.05, 0) is 19.3 Å². The molecule has 0 spiro atoms. The van der Waals surface area contributed by atoms with Crippen LogP contribution in [0.5, 0.6) is 5.88 Å². The molecule has 1 fully saturated rings. The minimum Gasteiger partial charge on any atom is -0.481 e. The summed E-state index contributed by atoms with van der Waals surface area (Å²) in [7, 11) is 1.61. The summed E-state index contributed by atoms with van der Waals surface area (Å²) < 4.78 is 5.14. The number of aromatic nitrogens is 3. The lowest BCUT2D eigenvalue weighted by Crippen LogP contribution is -2.15. The molecule has 2 aromatic rings. The molecule has 1 aliphatic carbocycles. The van der Waals surface area contributed by atoms with Gasteiger partial charge in [0.25, 0.3) is 0 Å². The summed E-state index contributed by atoms with van der Waals surface area (Å²) >= 11 is 1.71. The van der Waals surface area contributed by atoms with Crippen LogP contribution < -0.4 is 10.1 Å². The van der Waals surface area contributed by atoms with E-state index < -0.39 is 0 Å². The molecule has 0 bridgehead atoms. The van der Waals surface area contributed by atoms with Crippen LogP contribution in [0.25, 0.3) is 10.7 Å². The molecule has 0 amide bonds. The van der Waals surface area contributed by atoms with Crippen molar-refractivity contribution in [3.63, 3.8) is 0 Å². The molecule has 1 N–H and O–H groups in total. The molecule has 1 saturated carbocycles. The Bertz CT molecular complexity index is 595. The Hall–Kier alpha value is -1.53. The molecule has 5 nitrogen and oxygen atoms in total. The molecular weight excluding hydrogens is 272 g/mol. The second kappa shape index (κ2) is 5.85. The van der Waals surface area contributed by atoms with Crippen LogP contribution in [-0.4, -0.2) is 28.1 Å². The maximum absolute atomic E-state index is 5.14. The molecule has 0 atom stereocenters. The zero-order valence-electron chi connectivity index (χ0n) is 11.7. The summed E-state index contributed by atoms with van der Waals surface area (Å²) in [5.41, 5.74) is 1.99. The Morgan fingerprint density at radius 2 is 2.25 bits per heavy atom. The quantitative estimate of drug-likeness (QED) is 0.885. The summed E-state index contributed by atoms with van der Waals surface area (Å²) in [5.74, 6) is 0.570. The van der Waals surface area contributed by atoms with Crippen molar-refractivity contribution in [2.45, 2.75) is 38.8 Å². The second-order valence-electron chi connectivity index (χ2n) is 4.84. The van der Waals surface area contributed by atoms with Crippen molar-refractivity contribution in [2.75, 3.05) is 7.11 Å². The van der Waals surface area contributed by atoms with Crippen LogP contribution in [0, 0.1) is 0 Å². The van der Waals surface area contributed by atoms with Crippen molar-refractivity contribution < 1.29 is 4.74 Å². The van der Waals surface area contributed by atoms with Gasteiger partial charge in [0.05, 0.1) is 12.8 Å². The summed E-state index contributed by atoms with van der Waals surface area (Å²) in [6.45, 7) is 3.05. The van der Waals surface area contributed by atoms with Gasteiger partial charge in [0.1, 0.15) is 17.0 Å². The van der Waals surface area contributed by atoms with Crippen LogP contribution in [0.2, 0.25) is 0 Å². The highest BCUT2D eigenvalue weighted by atomic mass is 32.1. The van der Waals surface area contributed by atoms with Gasteiger partial charge in [-0.25, -0.2) is 15.0 Å². The zero-order valence-corrected chi connectivity index (χ0v) is 12.5. The normalized spacial score (nSPS) is 14.5. The lowest BCUT2D eigenvalue weighted by atomic mass is 10.3. The van der Waals surface area contributed by atoms with E-state index in [1.165, 1.54) is 24.0 Å². The highest BCUT2D eigenvalue weighted by Gasteiger charge is 2.21. The van der Waals surface area contributed by atoms with Crippen LogP contribution >= 0.6 is 11.3 Å². The van der Waals surface area contributed by atoms with Gasteiger partial charge in [-0.1, -0.05) is 6.92 Å². The van der Waals surface area contributed by atoms with Crippen LogP contribution in [-0.2, 0) is 13.0 Å². The van der Waals surface area contributed by atoms with Crippen LogP contribution in [0.4, 0.5) is 0 Å². The maximum atomic E-state index is 5.14. The molecule has 0 saturated heterocycles. The Morgan fingerprint density at radius 1 is 1.40 bits per heavy atom. The lowest BCUT2D eigenvalue weighted by molar-refractivity contribution is 0.397. The van der Waals surface area contributed by atoms with E-state index in [1.54, 1.807) is 18.4 Å². The van der Waals surface area contributed by atoms with Crippen molar-refractivity contribution in [2.24, 2.45) is 0 Å². The molecule has 0 radical (unpaired) electrons. The minimum atomic E-state index is 0.570. The van der Waals surface area contributed by atoms with Gasteiger partial charge in [0, 0.05) is 23.5 Å². The molecule has 0 aliphatic heterocycles. The van der Waals surface area contributed by atoms with E-state index in [4.69, 9.17) is 9.72 Å². The average Bonchev–Trinajstić information content (AvgIpc) is 3.23. The fourth-order valence-corrected chi connectivity index (χ4v) is 3.07. The van der Waals surface area contributed by atoms with E-state index >= 15 is 0 Å². The van der Waals surface area contributed by atoms with E-state index in [9.17, 15) is 0 Å². The van der Waals surface area contributed by atoms with Gasteiger partial charge in [-0.2, -0.15) is 0 Å². The molecule has 106 valence electrons. The highest BCUT2D eigenvalue weighted by Crippen LogP contribution is 2.29. The summed E-state index contributed by atoms with van der Waals surface area (Å²) in [6.07, 6.45) is 5.07. The average molecular weight is 290 g/mol. The van der Waals surface area contributed by atoms with E-state index in [2.05, 4.69) is 22.2 Å². The largest absolute Gasteiger partial charge is 0.481 e. The highest BCUT2D eigenvalue weighted by molar-refractivity contribution is 7.15. The summed E-state index contributed by atoms with van der Waals surface area (Å²) in [6, 6.07) is 2.54. The van der Waals surface area contributed by atoms with Gasteiger partial charge in [0.15, 0.2) is 0 Å². The molecule has 1 aliphatic rings. The third-order valence-corrected chi connectivity index (χ3v) is 4.43. The Balaban J connectivity index is 1.84. The number of aryl methyl sites for hydroxylation is 1. The molecule has 3 rings (SSSR count). The van der Waals surface area contributed by atoms with E-state index in [1.807, 2.05) is 6.07 Å². The maximum Gasteiger partial charge on any atom is 0.216 e. The van der Waals surface area contributed by atoms with Crippen LogP contribution in [0.3, 0.4) is 0 Å². The molecule has 6 heteroatoms. The first kappa shape index (κ1) is 13.5. The molecule has 20 heavy (non-hydrogen) atoms. The van der Waals surface area contributed by atoms with Crippen molar-refractivity contribution >= 4 is 11.3 Å². The van der Waals surface area contributed by atoms with Gasteiger partial charge < -0.3 is 10.1 Å². The number of hydrogen-bond acceptors (Lipinski definition) is 6. The zero-order chi connectivity index (χ0) is 13.9. The molecule has 2 heterocycles. The number of nitrogens with one attached hydrogen (secondary N) is 1. The first-order valence-corrected chi connectivity index (χ1v) is 7.70. The fourth-order valence-electron chi connectivity index (χ4n) is 2.00. The summed E-state index contributed by atoms with van der Waals surface area (Å²) in [4.78, 5) is 14.3. The van der Waals surface area contributed by atoms with Gasteiger partial charge in [-0.3, -0.25) is 0 Å². The van der Waals surface area contributed by atoms with E-state index in [-0.39, 0.29) is 0 Å². The van der Waals surface area contributed by atoms with Gasteiger partial charge in [-0.15, -0.1) is 11.3 Å². The Labute approximate surface area is 122 Å². The molecule has 2 aromatic heterocycles. The summed E-state index contributed by atoms with van der Waals surface area (Å²) in [5, 5.41) is 4.49. The van der Waals surface area contributed by atoms with Crippen LogP contribution in [0.1, 0.15) is 30.3 Å². The van der Waals surface area contributed by atoms with Crippen LogP contribution in [0.15, 0.2) is 12.4 Å². The van der Waals surface area contributed by atoms with E-state index in [0.717, 1.165) is 29.4 Å². The van der Waals surface area contributed by atoms with Crippen molar-refractivity contribution in [3.05, 3.63) is 23.0 Å². The first-order valence-electron chi connectivity index (χ1n) is 6.88. The van der Waals surface area contributed by atoms with Crippen molar-refractivity contribution in [1.29, 1.82) is 0 Å². The minimum absolute atomic E-state index is 0.570. The number of nitrogens with zero attached hydrogens (tertiary/aromatic N) is 3. The standard InChI is InChI=1S/C14H18N4OS/c1-3-10-12(7-15-9-4-5-9)20-14(18-10)11-6-13(19-2)17-8-16-11/h6,8-9,15H,3-5,7H2,1-2H3. The molecule has 0 aromatic carbocycles. The lowest BCUT2D eigenvalue weighted by Gasteiger charge is -2.00. The predicted octanol–water partition coefficient (Wildman–Crippen LogP) is 2.42. The third-order valence-electron chi connectivity index (χ3n) is 3.31. The topological polar surface area (TPSA) is 59.9 Å². The monoisotopic (exact) mass is 290 g/mol. The second-order valence-corrected chi connectivity index (χ2v) is 5.93. The SMILES string of the molecule is CCc1nc(-c2cc(OC)ncn2)sc1CNC1CC1. The first-order chi connectivity index (χ1) is 9.80. The smallest absolute Gasteiger partial charge is 0.216 e.